The summed E-state index contributed by atoms with van der Waals surface area (Å²) in [4.78, 5) is 35.4. The topological polar surface area (TPSA) is 119 Å². The molecule has 1 atom stereocenters. The number of aliphatic imine (C=N–C) groups is 1. The summed E-state index contributed by atoms with van der Waals surface area (Å²) in [5, 5.41) is 15.9. The molecule has 2 amide bonds. The Hall–Kier alpha value is -2.38. The number of amides is 2. The van der Waals surface area contributed by atoms with Crippen molar-refractivity contribution in [3.05, 3.63) is 0 Å². The van der Waals surface area contributed by atoms with Crippen molar-refractivity contribution in [3.8, 4) is 6.07 Å². The maximum absolute atomic E-state index is 13.7. The van der Waals surface area contributed by atoms with E-state index in [0.717, 1.165) is 64.5 Å². The zero-order valence-corrected chi connectivity index (χ0v) is 23.5. The Morgan fingerprint density at radius 1 is 1.11 bits per heavy atom. The van der Waals surface area contributed by atoms with Gasteiger partial charge in [-0.05, 0) is 38.6 Å². The normalized spacial score (nSPS) is 21.8. The van der Waals surface area contributed by atoms with E-state index < -0.39 is 17.7 Å². The average molecular weight is 533 g/mol. The number of alkyl carbamates (subject to hydrolysis) is 1. The smallest absolute Gasteiger partial charge is 0.413 e. The Kier molecular flexibility index (Phi) is 12.6. The van der Waals surface area contributed by atoms with Crippen LogP contribution in [0.4, 0.5) is 4.79 Å². The van der Waals surface area contributed by atoms with Gasteiger partial charge >= 0.3 is 6.09 Å². The number of carbonyl (C=O) groups excluding carboxylic acids is 2. The highest BCUT2D eigenvalue weighted by atomic mass is 16.5. The number of piperidine rings is 1. The van der Waals surface area contributed by atoms with E-state index in [1.165, 1.54) is 6.42 Å². The third kappa shape index (κ3) is 9.73. The molecule has 1 unspecified atom stereocenters. The second-order valence-corrected chi connectivity index (χ2v) is 11.1. The molecule has 2 aliphatic heterocycles. The minimum atomic E-state index is -0.881. The molecule has 3 fully saturated rings. The van der Waals surface area contributed by atoms with Crippen molar-refractivity contribution in [3.63, 3.8) is 0 Å². The molecule has 0 radical (unpaired) electrons. The second kappa shape index (κ2) is 15.9. The van der Waals surface area contributed by atoms with Gasteiger partial charge in [0, 0.05) is 26.2 Å². The first-order valence-corrected chi connectivity index (χ1v) is 14.7. The highest BCUT2D eigenvalue weighted by molar-refractivity contribution is 5.96. The monoisotopic (exact) mass is 532 g/mol. The minimum absolute atomic E-state index is 0.234. The van der Waals surface area contributed by atoms with Gasteiger partial charge in [-0.25, -0.2) is 9.79 Å². The predicted octanol–water partition coefficient (Wildman–Crippen LogP) is 3.42. The molecule has 2 N–H and O–H groups in total. The van der Waals surface area contributed by atoms with Crippen molar-refractivity contribution >= 4 is 18.0 Å². The number of nitrogens with zero attached hydrogens (tertiary/aromatic N) is 4. The fraction of sp³-hybridized carbons (Fsp3) is 0.857. The Labute approximate surface area is 228 Å². The zero-order valence-electron chi connectivity index (χ0n) is 23.5. The van der Waals surface area contributed by atoms with E-state index >= 15 is 0 Å². The van der Waals surface area contributed by atoms with Crippen LogP contribution >= 0.6 is 0 Å². The van der Waals surface area contributed by atoms with E-state index in [9.17, 15) is 14.9 Å². The highest BCUT2D eigenvalue weighted by Crippen LogP contribution is 2.29. The van der Waals surface area contributed by atoms with Crippen LogP contribution in [0.2, 0.25) is 0 Å². The highest BCUT2D eigenvalue weighted by Gasteiger charge is 2.38. The number of nitrogens with one attached hydrogen (secondary N) is 2. The third-order valence-electron chi connectivity index (χ3n) is 8.03. The number of rotatable bonds is 10. The molecule has 3 aliphatic rings. The van der Waals surface area contributed by atoms with Gasteiger partial charge in [0.1, 0.15) is 11.6 Å². The fourth-order valence-corrected chi connectivity index (χ4v) is 5.48. The summed E-state index contributed by atoms with van der Waals surface area (Å²) in [5.74, 6) is 0.523. The second-order valence-electron chi connectivity index (χ2n) is 11.1. The summed E-state index contributed by atoms with van der Waals surface area (Å²) in [5.41, 5.74) is -0.881. The number of guanidine groups is 1. The van der Waals surface area contributed by atoms with Crippen LogP contribution in [0.25, 0.3) is 0 Å². The van der Waals surface area contributed by atoms with Crippen LogP contribution in [0.5, 0.6) is 0 Å². The molecule has 0 aromatic carbocycles. The third-order valence-corrected chi connectivity index (χ3v) is 8.03. The first-order chi connectivity index (χ1) is 18.4. The number of hydrogen-bond donors (Lipinski definition) is 2. The predicted molar refractivity (Wildman–Crippen MR) is 147 cm³/mol. The van der Waals surface area contributed by atoms with Gasteiger partial charge in [0.05, 0.1) is 25.9 Å². The summed E-state index contributed by atoms with van der Waals surface area (Å²) >= 11 is 0. The van der Waals surface area contributed by atoms with Gasteiger partial charge in [-0.15, -0.1) is 0 Å². The number of hydrogen-bond acceptors (Lipinski definition) is 7. The van der Waals surface area contributed by atoms with Crippen molar-refractivity contribution in [2.75, 3.05) is 53.0 Å². The SMILES string of the molecule is CCCCCCOC(=O)NC(=NC(CC1CCCCC1)C(=O)NC1(C#N)CCN(C)CC1)N1CCOCC1. The average Bonchev–Trinajstić information content (AvgIpc) is 2.94. The van der Waals surface area contributed by atoms with E-state index in [0.29, 0.717) is 64.1 Å². The molecular weight excluding hydrogens is 484 g/mol. The lowest BCUT2D eigenvalue weighted by Gasteiger charge is -2.37. The maximum Gasteiger partial charge on any atom is 0.413 e. The number of carbonyl (C=O) groups is 2. The molecule has 214 valence electrons. The molecule has 0 spiro atoms. The Bertz CT molecular complexity index is 809. The molecule has 10 heteroatoms. The summed E-state index contributed by atoms with van der Waals surface area (Å²) in [6.45, 7) is 6.21. The van der Waals surface area contributed by atoms with Crippen LogP contribution < -0.4 is 10.6 Å². The molecule has 10 nitrogen and oxygen atoms in total. The van der Waals surface area contributed by atoms with Gasteiger partial charge < -0.3 is 24.6 Å². The number of likely N-dealkylation sites (tertiary alicyclic amines) is 1. The van der Waals surface area contributed by atoms with Gasteiger partial charge in [-0.2, -0.15) is 5.26 Å². The van der Waals surface area contributed by atoms with Gasteiger partial charge in [0.15, 0.2) is 0 Å². The molecule has 3 rings (SSSR count). The lowest BCUT2D eigenvalue weighted by atomic mass is 9.84. The lowest BCUT2D eigenvalue weighted by molar-refractivity contribution is -0.124. The number of nitriles is 1. The summed E-state index contributed by atoms with van der Waals surface area (Å²) < 4.78 is 10.9. The standard InChI is InChI=1S/C28H48N6O4/c1-3-4-5-9-18-38-27(36)31-26(34-16-19-37-20-17-34)30-24(21-23-10-7-6-8-11-23)25(35)32-28(22-29)12-14-33(2)15-13-28/h23-24H,3-21H2,1-2H3,(H,32,35)(H,30,31,36). The molecule has 2 heterocycles. The molecule has 0 bridgehead atoms. The van der Waals surface area contributed by atoms with Gasteiger partial charge in [-0.1, -0.05) is 58.3 Å². The minimum Gasteiger partial charge on any atom is -0.449 e. The lowest BCUT2D eigenvalue weighted by Crippen LogP contribution is -2.56. The molecule has 0 aromatic heterocycles. The van der Waals surface area contributed by atoms with Gasteiger partial charge in [0.2, 0.25) is 11.9 Å². The van der Waals surface area contributed by atoms with E-state index in [-0.39, 0.29) is 5.91 Å². The number of unbranched alkanes of at least 4 members (excludes halogenated alkanes) is 3. The molecule has 1 saturated carbocycles. The molecule has 0 aromatic rings. The van der Waals surface area contributed by atoms with Crippen molar-refractivity contribution in [2.24, 2.45) is 10.9 Å². The first kappa shape index (κ1) is 30.2. The van der Waals surface area contributed by atoms with E-state index in [4.69, 9.17) is 14.5 Å². The van der Waals surface area contributed by atoms with Crippen molar-refractivity contribution in [1.29, 1.82) is 5.26 Å². The van der Waals surface area contributed by atoms with Crippen LogP contribution in [-0.2, 0) is 14.3 Å². The van der Waals surface area contributed by atoms with E-state index in [2.05, 4.69) is 28.5 Å². The Morgan fingerprint density at radius 2 is 1.82 bits per heavy atom. The van der Waals surface area contributed by atoms with Crippen LogP contribution in [-0.4, -0.2) is 92.4 Å². The Morgan fingerprint density at radius 3 is 2.47 bits per heavy atom. The Balaban J connectivity index is 1.77. The summed E-state index contributed by atoms with van der Waals surface area (Å²) in [7, 11) is 2.03. The zero-order chi connectivity index (χ0) is 27.2. The largest absolute Gasteiger partial charge is 0.449 e. The molecular formula is C28H48N6O4. The van der Waals surface area contributed by atoms with E-state index in [1.54, 1.807) is 0 Å². The van der Waals surface area contributed by atoms with E-state index in [1.807, 2.05) is 11.9 Å². The van der Waals surface area contributed by atoms with Crippen LogP contribution in [0.15, 0.2) is 4.99 Å². The van der Waals surface area contributed by atoms with Crippen molar-refractivity contribution in [1.82, 2.24) is 20.4 Å². The number of morpholine rings is 1. The maximum atomic E-state index is 13.7. The summed E-state index contributed by atoms with van der Waals surface area (Å²) in [6.07, 6.45) is 11.0. The van der Waals surface area contributed by atoms with Gasteiger partial charge in [-0.3, -0.25) is 10.1 Å². The molecule has 2 saturated heterocycles. The van der Waals surface area contributed by atoms with Crippen molar-refractivity contribution < 1.29 is 19.1 Å². The number of ether oxygens (including phenoxy) is 2. The van der Waals surface area contributed by atoms with Crippen LogP contribution in [0.3, 0.4) is 0 Å². The van der Waals surface area contributed by atoms with Crippen LogP contribution in [0, 0.1) is 17.2 Å². The van der Waals surface area contributed by atoms with Crippen LogP contribution in [0.1, 0.15) is 84.0 Å². The fourth-order valence-electron chi connectivity index (χ4n) is 5.48. The summed E-state index contributed by atoms with van der Waals surface area (Å²) in [6, 6.07) is 1.70. The van der Waals surface area contributed by atoms with Gasteiger partial charge in [0.25, 0.3) is 0 Å². The first-order valence-electron chi connectivity index (χ1n) is 14.7. The molecule has 38 heavy (non-hydrogen) atoms. The quantitative estimate of drug-likeness (QED) is 0.251. The van der Waals surface area contributed by atoms with Crippen molar-refractivity contribution in [2.45, 2.75) is 95.6 Å². The molecule has 1 aliphatic carbocycles.